The molecule has 1 aliphatic rings. The summed E-state index contributed by atoms with van der Waals surface area (Å²) in [5.74, 6) is -0.650. The molecule has 5 heteroatoms. The predicted molar refractivity (Wildman–Crippen MR) is 94.5 cm³/mol. The summed E-state index contributed by atoms with van der Waals surface area (Å²) in [4.78, 5) is 27.5. The number of aromatic nitrogens is 1. The van der Waals surface area contributed by atoms with Crippen molar-refractivity contribution in [3.8, 4) is 0 Å². The van der Waals surface area contributed by atoms with Gasteiger partial charge in [0.15, 0.2) is 0 Å². The molecule has 2 rings (SSSR count). The van der Waals surface area contributed by atoms with E-state index in [0.717, 1.165) is 17.5 Å². The predicted octanol–water partition coefficient (Wildman–Crippen LogP) is 3.72. The van der Waals surface area contributed by atoms with Gasteiger partial charge in [0, 0.05) is 23.2 Å². The monoisotopic (exact) mass is 333 g/mol. The highest BCUT2D eigenvalue weighted by Gasteiger charge is 2.34. The number of nitrogens with one attached hydrogen (secondary N) is 2. The van der Waals surface area contributed by atoms with Gasteiger partial charge in [-0.25, -0.2) is 4.79 Å². The third kappa shape index (κ3) is 3.55. The molecule has 2 heterocycles. The first-order valence-electron chi connectivity index (χ1n) is 8.92. The molecule has 0 unspecified atom stereocenters. The van der Waals surface area contributed by atoms with Crippen molar-refractivity contribution in [2.24, 2.45) is 11.8 Å². The van der Waals surface area contributed by atoms with Gasteiger partial charge in [0.2, 0.25) is 5.91 Å². The molecule has 0 spiro atoms. The van der Waals surface area contributed by atoms with Crippen LogP contribution in [-0.4, -0.2) is 22.5 Å². The highest BCUT2D eigenvalue weighted by Crippen LogP contribution is 2.31. The fourth-order valence-corrected chi connectivity index (χ4v) is 2.93. The van der Waals surface area contributed by atoms with Gasteiger partial charge in [0.1, 0.15) is 11.3 Å². The summed E-state index contributed by atoms with van der Waals surface area (Å²) in [5, 5.41) is 2.84. The van der Waals surface area contributed by atoms with E-state index in [1.807, 2.05) is 48.5 Å². The van der Waals surface area contributed by atoms with Crippen LogP contribution >= 0.6 is 0 Å². The Kier molecular flexibility index (Phi) is 4.52. The van der Waals surface area contributed by atoms with Crippen LogP contribution in [0.1, 0.15) is 69.7 Å². The summed E-state index contributed by atoms with van der Waals surface area (Å²) < 4.78 is 14.0. The molecule has 1 fully saturated rings. The summed E-state index contributed by atoms with van der Waals surface area (Å²) in [6, 6.07) is 0.236. The molecule has 0 radical (unpaired) electrons. The second kappa shape index (κ2) is 6.46. The summed E-state index contributed by atoms with van der Waals surface area (Å²) >= 11 is 0. The van der Waals surface area contributed by atoms with Crippen molar-refractivity contribution in [2.75, 3.05) is 0 Å². The Morgan fingerprint density at radius 1 is 1.33 bits per heavy atom. The van der Waals surface area contributed by atoms with Crippen LogP contribution in [0.2, 0.25) is 0 Å². The maximum atomic E-state index is 12.4. The Morgan fingerprint density at radius 3 is 2.50 bits per heavy atom. The van der Waals surface area contributed by atoms with Crippen LogP contribution in [0.3, 0.4) is 0 Å². The molecule has 1 aromatic heterocycles. The van der Waals surface area contributed by atoms with Crippen LogP contribution in [0.15, 0.2) is 5.70 Å². The maximum Gasteiger partial charge on any atom is 0.355 e. The zero-order valence-corrected chi connectivity index (χ0v) is 15.6. The van der Waals surface area contributed by atoms with Gasteiger partial charge >= 0.3 is 5.97 Å². The minimum atomic E-state index is -0.590. The summed E-state index contributed by atoms with van der Waals surface area (Å²) in [6.07, 6.45) is 0.773. The van der Waals surface area contributed by atoms with Crippen molar-refractivity contribution >= 4 is 17.9 Å². The number of hydrogen-bond donors (Lipinski definition) is 2. The van der Waals surface area contributed by atoms with Gasteiger partial charge in [-0.2, -0.15) is 0 Å². The number of carbonyl (C=O) groups excluding carboxylic acids is 2. The number of aromatic amines is 1. The number of esters is 1. The zero-order chi connectivity index (χ0) is 19.1. The van der Waals surface area contributed by atoms with Crippen molar-refractivity contribution in [1.29, 1.82) is 0 Å². The lowest BCUT2D eigenvalue weighted by molar-refractivity contribution is -0.122. The van der Waals surface area contributed by atoms with Gasteiger partial charge in [-0.1, -0.05) is 13.8 Å². The number of amides is 1. The average Bonchev–Trinajstić information content (AvgIpc) is 2.95. The zero-order valence-electron chi connectivity index (χ0n) is 16.6. The lowest BCUT2D eigenvalue weighted by Gasteiger charge is -2.19. The second-order valence-corrected chi connectivity index (χ2v) is 7.46. The number of allylic oxidation sites excluding steroid dienone is 1. The van der Waals surface area contributed by atoms with E-state index < -0.39 is 11.6 Å². The largest absolute Gasteiger partial charge is 0.455 e. The van der Waals surface area contributed by atoms with Gasteiger partial charge in [0.25, 0.3) is 0 Å². The van der Waals surface area contributed by atoms with Gasteiger partial charge in [-0.15, -0.1) is 0 Å². The standard InChI is InChI=1S/C19H28N2O3/c1-8-13-12(4)17(22)21-15(13)9-14-10(2)11(3)16(20-14)18(23)24-19(5,6)7/h9,12-13,20H,8H2,1-7H3,(H,21,22)/b15-9-/t12-,13-/m1/s1/i9D. The average molecular weight is 333 g/mol. The number of carbonyl (C=O) groups is 2. The highest BCUT2D eigenvalue weighted by atomic mass is 16.6. The first-order valence-corrected chi connectivity index (χ1v) is 8.42. The molecule has 2 atom stereocenters. The van der Waals surface area contributed by atoms with E-state index in [4.69, 9.17) is 6.11 Å². The molecule has 1 aliphatic heterocycles. The topological polar surface area (TPSA) is 71.2 Å². The molecule has 0 aliphatic carbocycles. The first kappa shape index (κ1) is 16.8. The lowest BCUT2D eigenvalue weighted by Crippen LogP contribution is -2.24. The quantitative estimate of drug-likeness (QED) is 0.828. The van der Waals surface area contributed by atoms with Crippen molar-refractivity contribution < 1.29 is 15.7 Å². The third-order valence-corrected chi connectivity index (χ3v) is 4.51. The van der Waals surface area contributed by atoms with Gasteiger partial charge in [-0.05, 0) is 58.2 Å². The lowest BCUT2D eigenvalue weighted by atomic mass is 9.92. The molecule has 0 aromatic carbocycles. The Bertz CT molecular complexity index is 741. The molecule has 0 bridgehead atoms. The fourth-order valence-electron chi connectivity index (χ4n) is 2.93. The molecule has 5 nitrogen and oxygen atoms in total. The van der Waals surface area contributed by atoms with Crippen molar-refractivity contribution in [3.63, 3.8) is 0 Å². The van der Waals surface area contributed by atoms with Crippen LogP contribution in [-0.2, 0) is 9.53 Å². The molecule has 0 saturated carbocycles. The minimum Gasteiger partial charge on any atom is -0.455 e. The smallest absolute Gasteiger partial charge is 0.355 e. The summed E-state index contributed by atoms with van der Waals surface area (Å²) in [7, 11) is 0. The molecular weight excluding hydrogens is 304 g/mol. The minimum absolute atomic E-state index is 0.00650. The number of H-pyrrole nitrogens is 1. The summed E-state index contributed by atoms with van der Waals surface area (Å²) in [6.45, 7) is 13.0. The van der Waals surface area contributed by atoms with Crippen LogP contribution in [0.25, 0.3) is 6.05 Å². The number of rotatable bonds is 3. The Labute approximate surface area is 145 Å². The van der Waals surface area contributed by atoms with Gasteiger partial charge in [-0.3, -0.25) is 4.79 Å². The van der Waals surface area contributed by atoms with Crippen LogP contribution in [0, 0.1) is 25.7 Å². The van der Waals surface area contributed by atoms with E-state index in [1.165, 1.54) is 0 Å². The van der Waals surface area contributed by atoms with Gasteiger partial charge < -0.3 is 15.0 Å². The summed E-state index contributed by atoms with van der Waals surface area (Å²) in [5.41, 5.74) is 2.54. The van der Waals surface area contributed by atoms with Crippen LogP contribution in [0.4, 0.5) is 0 Å². The number of ether oxygens (including phenoxy) is 1. The molecule has 2 N–H and O–H groups in total. The Hall–Kier alpha value is -2.04. The van der Waals surface area contributed by atoms with E-state index in [9.17, 15) is 9.59 Å². The SMILES string of the molecule is [2H]/C(=C1/NC(=O)[C@H](C)[C@H]1CC)c1[nH]c(C(=O)OC(C)(C)C)c(C)c1C. The van der Waals surface area contributed by atoms with Crippen LogP contribution < -0.4 is 5.32 Å². The molecule has 1 amide bonds. The van der Waals surface area contributed by atoms with Crippen molar-refractivity contribution in [2.45, 2.75) is 60.5 Å². The van der Waals surface area contributed by atoms with Gasteiger partial charge in [0.05, 0.1) is 1.37 Å². The first-order chi connectivity index (χ1) is 11.5. The van der Waals surface area contributed by atoms with Crippen LogP contribution in [0.5, 0.6) is 0 Å². The molecule has 132 valence electrons. The second-order valence-electron chi connectivity index (χ2n) is 7.46. The molecule has 1 saturated heterocycles. The highest BCUT2D eigenvalue weighted by molar-refractivity contribution is 5.91. The van der Waals surface area contributed by atoms with Crippen molar-refractivity contribution in [3.05, 3.63) is 28.2 Å². The normalized spacial score (nSPS) is 23.8. The van der Waals surface area contributed by atoms with E-state index in [1.54, 1.807) is 0 Å². The van der Waals surface area contributed by atoms with Crippen molar-refractivity contribution in [1.82, 2.24) is 10.3 Å². The van der Waals surface area contributed by atoms with E-state index in [0.29, 0.717) is 17.1 Å². The fraction of sp³-hybridized carbons (Fsp3) is 0.579. The molecular formula is C19H28N2O3. The molecule has 1 aromatic rings. The Morgan fingerprint density at radius 2 is 1.96 bits per heavy atom. The van der Waals surface area contributed by atoms with E-state index in [-0.39, 0.29) is 23.8 Å². The molecule has 24 heavy (non-hydrogen) atoms. The van der Waals surface area contributed by atoms with E-state index >= 15 is 0 Å². The maximum absolute atomic E-state index is 12.4. The van der Waals surface area contributed by atoms with E-state index in [2.05, 4.69) is 10.3 Å². The Balaban J connectivity index is 2.47. The third-order valence-electron chi connectivity index (χ3n) is 4.51. The number of hydrogen-bond acceptors (Lipinski definition) is 3.